The third kappa shape index (κ3) is 6.87. The van der Waals surface area contributed by atoms with E-state index in [9.17, 15) is 12.6 Å². The van der Waals surface area contributed by atoms with Gasteiger partial charge in [0.15, 0.2) is 0 Å². The van der Waals surface area contributed by atoms with Crippen LogP contribution in [-0.2, 0) is 20.8 Å². The van der Waals surface area contributed by atoms with Crippen LogP contribution in [0.4, 0.5) is 0 Å². The van der Waals surface area contributed by atoms with E-state index in [2.05, 4.69) is 16.6 Å². The first-order valence-corrected chi connectivity index (χ1v) is 9.66. The number of hydrogen-bond donors (Lipinski definition) is 2. The van der Waals surface area contributed by atoms with Gasteiger partial charge in [-0.2, -0.15) is 0 Å². The number of nitrogens with one attached hydrogen (secondary N) is 1. The van der Waals surface area contributed by atoms with Gasteiger partial charge in [-0.15, -0.1) is 0 Å². The molecule has 0 spiro atoms. The Morgan fingerprint density at radius 3 is 2.81 bits per heavy atom. The van der Waals surface area contributed by atoms with E-state index in [0.29, 0.717) is 24.2 Å². The van der Waals surface area contributed by atoms with Gasteiger partial charge in [0.05, 0.1) is 11.5 Å². The molecular formula is C14H19NO4S2. The summed E-state index contributed by atoms with van der Waals surface area (Å²) in [5, 5.41) is 8.66. The third-order valence-electron chi connectivity index (χ3n) is 2.51. The Bertz CT molecular complexity index is 644. The lowest BCUT2D eigenvalue weighted by molar-refractivity contribution is 0.305. The standard InChI is InChI=1S/C14H19NO4S2/c1-20(17)11-5-9-15-21(18,19)14-8-4-7-13(12-14)6-2-3-10-16/h4,7-8,12,15-16H,3,5,9-11H2,1H3. The van der Waals surface area contributed by atoms with Gasteiger partial charge in [0, 0.05) is 41.3 Å². The highest BCUT2D eigenvalue weighted by Gasteiger charge is 2.13. The van der Waals surface area contributed by atoms with Gasteiger partial charge in [-0.05, 0) is 24.6 Å². The topological polar surface area (TPSA) is 83.5 Å². The molecule has 0 aliphatic carbocycles. The minimum atomic E-state index is -3.58. The number of hydrogen-bond acceptors (Lipinski definition) is 4. The van der Waals surface area contributed by atoms with Crippen molar-refractivity contribution in [2.45, 2.75) is 17.7 Å². The Balaban J connectivity index is 2.73. The molecule has 1 rings (SSSR count). The van der Waals surface area contributed by atoms with Gasteiger partial charge in [0.2, 0.25) is 10.0 Å². The lowest BCUT2D eigenvalue weighted by Crippen LogP contribution is -2.25. The third-order valence-corrected chi connectivity index (χ3v) is 4.84. The van der Waals surface area contributed by atoms with Crippen molar-refractivity contribution >= 4 is 20.8 Å². The van der Waals surface area contributed by atoms with Crippen molar-refractivity contribution in [1.29, 1.82) is 0 Å². The van der Waals surface area contributed by atoms with Gasteiger partial charge in [-0.3, -0.25) is 4.21 Å². The van der Waals surface area contributed by atoms with Crippen LogP contribution in [0.5, 0.6) is 0 Å². The molecule has 0 fully saturated rings. The summed E-state index contributed by atoms with van der Waals surface area (Å²) in [5.74, 6) is 6.01. The van der Waals surface area contributed by atoms with E-state index in [1.807, 2.05) is 0 Å². The Labute approximate surface area is 128 Å². The number of sulfonamides is 1. The highest BCUT2D eigenvalue weighted by Crippen LogP contribution is 2.10. The maximum absolute atomic E-state index is 12.1. The van der Waals surface area contributed by atoms with E-state index >= 15 is 0 Å². The number of rotatable bonds is 7. The quantitative estimate of drug-likeness (QED) is 0.562. The van der Waals surface area contributed by atoms with Gasteiger partial charge in [-0.1, -0.05) is 17.9 Å². The molecule has 0 aromatic heterocycles. The van der Waals surface area contributed by atoms with Crippen molar-refractivity contribution in [3.8, 4) is 11.8 Å². The zero-order valence-electron chi connectivity index (χ0n) is 11.8. The largest absolute Gasteiger partial charge is 0.395 e. The first kappa shape index (κ1) is 17.9. The van der Waals surface area contributed by atoms with Crippen molar-refractivity contribution in [3.63, 3.8) is 0 Å². The maximum atomic E-state index is 12.1. The van der Waals surface area contributed by atoms with Crippen LogP contribution >= 0.6 is 0 Å². The normalized spacial score (nSPS) is 12.5. The van der Waals surface area contributed by atoms with Crippen LogP contribution in [0.25, 0.3) is 0 Å². The van der Waals surface area contributed by atoms with Gasteiger partial charge >= 0.3 is 0 Å². The average molecular weight is 329 g/mol. The fraction of sp³-hybridized carbons (Fsp3) is 0.429. The second kappa shape index (κ2) is 8.95. The predicted molar refractivity (Wildman–Crippen MR) is 83.8 cm³/mol. The molecule has 2 N–H and O–H groups in total. The van der Waals surface area contributed by atoms with Crippen molar-refractivity contribution < 1.29 is 17.7 Å². The molecule has 1 atom stereocenters. The summed E-state index contributed by atoms with van der Waals surface area (Å²) >= 11 is 0. The van der Waals surface area contributed by atoms with Crippen LogP contribution in [0.1, 0.15) is 18.4 Å². The molecule has 0 heterocycles. The van der Waals surface area contributed by atoms with Gasteiger partial charge < -0.3 is 5.11 Å². The van der Waals surface area contributed by atoms with Crippen LogP contribution in [0.15, 0.2) is 29.2 Å². The number of aliphatic hydroxyl groups excluding tert-OH is 1. The van der Waals surface area contributed by atoms with E-state index in [0.717, 1.165) is 0 Å². The van der Waals surface area contributed by atoms with Gasteiger partial charge in [0.25, 0.3) is 0 Å². The van der Waals surface area contributed by atoms with E-state index in [1.54, 1.807) is 18.4 Å². The molecule has 0 aliphatic heterocycles. The number of aliphatic hydroxyl groups is 1. The van der Waals surface area contributed by atoms with Crippen LogP contribution in [0.3, 0.4) is 0 Å². The summed E-state index contributed by atoms with van der Waals surface area (Å²) < 4.78 is 37.6. The molecule has 1 aromatic carbocycles. The summed E-state index contributed by atoms with van der Waals surface area (Å²) in [5.41, 5.74) is 0.584. The molecule has 0 aliphatic rings. The van der Waals surface area contributed by atoms with Crippen molar-refractivity contribution in [1.82, 2.24) is 4.72 Å². The molecular weight excluding hydrogens is 310 g/mol. The Morgan fingerprint density at radius 1 is 1.38 bits per heavy atom. The van der Waals surface area contributed by atoms with E-state index in [1.165, 1.54) is 12.1 Å². The molecule has 1 unspecified atom stereocenters. The molecule has 7 heteroatoms. The highest BCUT2D eigenvalue weighted by molar-refractivity contribution is 7.89. The second-order valence-electron chi connectivity index (χ2n) is 4.33. The SMILES string of the molecule is CS(=O)CCCNS(=O)(=O)c1cccc(C#CCCO)c1. The summed E-state index contributed by atoms with van der Waals surface area (Å²) in [6, 6.07) is 6.32. The Hall–Kier alpha value is -1.20. The zero-order valence-corrected chi connectivity index (χ0v) is 13.5. The summed E-state index contributed by atoms with van der Waals surface area (Å²) in [6.45, 7) is 0.230. The smallest absolute Gasteiger partial charge is 0.240 e. The highest BCUT2D eigenvalue weighted by atomic mass is 32.2. The first-order valence-electron chi connectivity index (χ1n) is 6.45. The number of benzene rings is 1. The summed E-state index contributed by atoms with van der Waals surface area (Å²) in [6.07, 6.45) is 2.46. The monoisotopic (exact) mass is 329 g/mol. The molecule has 5 nitrogen and oxygen atoms in total. The molecule has 21 heavy (non-hydrogen) atoms. The summed E-state index contributed by atoms with van der Waals surface area (Å²) in [4.78, 5) is 0.149. The van der Waals surface area contributed by atoms with Crippen molar-refractivity contribution in [2.75, 3.05) is 25.2 Å². The molecule has 0 bridgehead atoms. The first-order chi connectivity index (χ1) is 9.95. The van der Waals surface area contributed by atoms with Crippen LogP contribution in [0, 0.1) is 11.8 Å². The summed E-state index contributed by atoms with van der Waals surface area (Å²) in [7, 11) is -4.50. The minimum absolute atomic E-state index is 0.0225. The van der Waals surface area contributed by atoms with E-state index < -0.39 is 20.8 Å². The van der Waals surface area contributed by atoms with Crippen molar-refractivity contribution in [3.05, 3.63) is 29.8 Å². The van der Waals surface area contributed by atoms with Gasteiger partial charge in [-0.25, -0.2) is 13.1 Å². The van der Waals surface area contributed by atoms with Crippen LogP contribution in [-0.4, -0.2) is 42.9 Å². The second-order valence-corrected chi connectivity index (χ2v) is 7.65. The van der Waals surface area contributed by atoms with E-state index in [-0.39, 0.29) is 18.0 Å². The Morgan fingerprint density at radius 2 is 2.14 bits per heavy atom. The lowest BCUT2D eigenvalue weighted by Gasteiger charge is -2.06. The zero-order chi connectivity index (χ0) is 15.7. The van der Waals surface area contributed by atoms with Gasteiger partial charge in [0.1, 0.15) is 0 Å². The Kier molecular flexibility index (Phi) is 7.61. The predicted octanol–water partition coefficient (Wildman–Crippen LogP) is 0.467. The molecule has 0 saturated carbocycles. The van der Waals surface area contributed by atoms with Crippen LogP contribution in [0.2, 0.25) is 0 Å². The average Bonchev–Trinajstić information content (AvgIpc) is 2.44. The fourth-order valence-corrected chi connectivity index (χ4v) is 3.20. The minimum Gasteiger partial charge on any atom is -0.395 e. The van der Waals surface area contributed by atoms with Crippen molar-refractivity contribution in [2.24, 2.45) is 0 Å². The van der Waals surface area contributed by atoms with Crippen LogP contribution < -0.4 is 4.72 Å². The molecule has 0 saturated heterocycles. The molecule has 116 valence electrons. The molecule has 1 aromatic rings. The molecule has 0 amide bonds. The fourth-order valence-electron chi connectivity index (χ4n) is 1.53. The lowest BCUT2D eigenvalue weighted by atomic mass is 10.2. The van der Waals surface area contributed by atoms with E-state index in [4.69, 9.17) is 5.11 Å². The molecule has 0 radical (unpaired) electrons. The maximum Gasteiger partial charge on any atom is 0.240 e.